The third-order valence-electron chi connectivity index (χ3n) is 3.70. The number of halogens is 1. The van der Waals surface area contributed by atoms with Crippen molar-refractivity contribution in [3.05, 3.63) is 27.7 Å². The average molecular weight is 375 g/mol. The molecule has 118 valence electrons. The quantitative estimate of drug-likeness (QED) is 0.804. The lowest BCUT2D eigenvalue weighted by atomic mass is 10.1. The minimum atomic E-state index is -3.47. The van der Waals surface area contributed by atoms with Gasteiger partial charge in [0, 0.05) is 23.1 Å². The summed E-state index contributed by atoms with van der Waals surface area (Å²) in [6.45, 7) is 8.77. The van der Waals surface area contributed by atoms with Crippen LogP contribution in [0.5, 0.6) is 0 Å². The van der Waals surface area contributed by atoms with E-state index in [1.165, 1.54) is 0 Å². The summed E-state index contributed by atoms with van der Waals surface area (Å²) >= 11 is 3.42. The zero-order valence-corrected chi connectivity index (χ0v) is 15.3. The van der Waals surface area contributed by atoms with Crippen LogP contribution >= 0.6 is 15.9 Å². The Bertz CT molecular complexity index is 629. The molecule has 1 aromatic rings. The minimum Gasteiger partial charge on any atom is -0.310 e. The fourth-order valence-corrected chi connectivity index (χ4v) is 4.60. The SMILES string of the molecule is Cc1cc(CNC(C)C)cc(S(=O)(=O)NC2CC2C)c1Br. The summed E-state index contributed by atoms with van der Waals surface area (Å²) in [5.74, 6) is 0.436. The Morgan fingerprint density at radius 3 is 2.52 bits per heavy atom. The molecule has 1 aliphatic carbocycles. The number of hydrogen-bond acceptors (Lipinski definition) is 3. The number of benzene rings is 1. The van der Waals surface area contributed by atoms with Gasteiger partial charge in [-0.1, -0.05) is 26.8 Å². The molecule has 1 saturated carbocycles. The molecular formula is C15H23BrN2O2S. The van der Waals surface area contributed by atoms with Crippen molar-refractivity contribution in [2.24, 2.45) is 5.92 Å². The van der Waals surface area contributed by atoms with E-state index in [4.69, 9.17) is 0 Å². The second-order valence-corrected chi connectivity index (χ2v) is 8.68. The van der Waals surface area contributed by atoms with Gasteiger partial charge in [-0.2, -0.15) is 0 Å². The van der Waals surface area contributed by atoms with Crippen LogP contribution in [0.1, 0.15) is 38.3 Å². The topological polar surface area (TPSA) is 58.2 Å². The van der Waals surface area contributed by atoms with Crippen LogP contribution in [0.15, 0.2) is 21.5 Å². The third-order valence-corrected chi connectivity index (χ3v) is 6.53. The summed E-state index contributed by atoms with van der Waals surface area (Å²) in [6.07, 6.45) is 0.921. The fraction of sp³-hybridized carbons (Fsp3) is 0.600. The van der Waals surface area contributed by atoms with Crippen LogP contribution in [0.25, 0.3) is 0 Å². The summed E-state index contributed by atoms with van der Waals surface area (Å²) in [5.41, 5.74) is 1.91. The van der Waals surface area contributed by atoms with Gasteiger partial charge in [0.25, 0.3) is 0 Å². The number of hydrogen-bond donors (Lipinski definition) is 2. The van der Waals surface area contributed by atoms with Gasteiger partial charge in [0.05, 0.1) is 4.90 Å². The third kappa shape index (κ3) is 4.28. The van der Waals surface area contributed by atoms with Crippen molar-refractivity contribution in [2.75, 3.05) is 0 Å². The van der Waals surface area contributed by atoms with Gasteiger partial charge in [0.15, 0.2) is 0 Å². The molecule has 0 spiro atoms. The molecular weight excluding hydrogens is 352 g/mol. The molecule has 0 heterocycles. The minimum absolute atomic E-state index is 0.0830. The molecule has 0 amide bonds. The van der Waals surface area contributed by atoms with Crippen LogP contribution in [0.2, 0.25) is 0 Å². The van der Waals surface area contributed by atoms with Crippen molar-refractivity contribution < 1.29 is 8.42 Å². The molecule has 4 nitrogen and oxygen atoms in total. The Kier molecular flexibility index (Phi) is 5.13. The van der Waals surface area contributed by atoms with Crippen LogP contribution in [0, 0.1) is 12.8 Å². The zero-order chi connectivity index (χ0) is 15.8. The highest BCUT2D eigenvalue weighted by molar-refractivity contribution is 9.10. The molecule has 1 aliphatic rings. The van der Waals surface area contributed by atoms with E-state index in [0.717, 1.165) is 17.5 Å². The molecule has 2 rings (SSSR count). The Balaban J connectivity index is 2.28. The van der Waals surface area contributed by atoms with Crippen LogP contribution in [0.4, 0.5) is 0 Å². The first kappa shape index (κ1) is 16.9. The summed E-state index contributed by atoms with van der Waals surface area (Å²) in [6, 6.07) is 4.21. The zero-order valence-electron chi connectivity index (χ0n) is 12.9. The van der Waals surface area contributed by atoms with Gasteiger partial charge in [-0.05, 0) is 52.4 Å². The number of aryl methyl sites for hydroxylation is 1. The molecule has 6 heteroatoms. The second-order valence-electron chi connectivity index (χ2n) is 6.20. The van der Waals surface area contributed by atoms with E-state index < -0.39 is 10.0 Å². The highest BCUT2D eigenvalue weighted by Gasteiger charge is 2.37. The van der Waals surface area contributed by atoms with Crippen molar-refractivity contribution >= 4 is 26.0 Å². The Morgan fingerprint density at radius 1 is 1.38 bits per heavy atom. The summed E-state index contributed by atoms with van der Waals surface area (Å²) in [5, 5.41) is 3.32. The largest absolute Gasteiger partial charge is 0.310 e. The van der Waals surface area contributed by atoms with Crippen LogP contribution in [0.3, 0.4) is 0 Å². The molecule has 0 radical (unpaired) electrons. The Morgan fingerprint density at radius 2 is 2.00 bits per heavy atom. The van der Waals surface area contributed by atoms with Crippen LogP contribution in [-0.2, 0) is 16.6 Å². The number of sulfonamides is 1. The van der Waals surface area contributed by atoms with Gasteiger partial charge in [-0.25, -0.2) is 13.1 Å². The van der Waals surface area contributed by atoms with E-state index in [9.17, 15) is 8.42 Å². The maximum Gasteiger partial charge on any atom is 0.241 e. The van der Waals surface area contributed by atoms with Gasteiger partial charge in [0.2, 0.25) is 10.0 Å². The second kappa shape index (κ2) is 6.36. The molecule has 0 aromatic heterocycles. The van der Waals surface area contributed by atoms with Gasteiger partial charge in [-0.3, -0.25) is 0 Å². The van der Waals surface area contributed by atoms with Crippen molar-refractivity contribution in [1.82, 2.24) is 10.0 Å². The molecule has 2 unspecified atom stereocenters. The molecule has 0 aliphatic heterocycles. The summed E-state index contributed by atoms with van der Waals surface area (Å²) in [4.78, 5) is 0.335. The van der Waals surface area contributed by atoms with Crippen molar-refractivity contribution in [3.8, 4) is 0 Å². The summed E-state index contributed by atoms with van der Waals surface area (Å²) < 4.78 is 28.5. The van der Waals surface area contributed by atoms with Crippen molar-refractivity contribution in [3.63, 3.8) is 0 Å². The van der Waals surface area contributed by atoms with Gasteiger partial charge < -0.3 is 5.32 Å². The number of nitrogens with one attached hydrogen (secondary N) is 2. The van der Waals surface area contributed by atoms with Gasteiger partial charge in [0.1, 0.15) is 0 Å². The fourth-order valence-electron chi connectivity index (χ4n) is 2.18. The average Bonchev–Trinajstić information content (AvgIpc) is 3.04. The van der Waals surface area contributed by atoms with E-state index in [2.05, 4.69) is 46.7 Å². The highest BCUT2D eigenvalue weighted by Crippen LogP contribution is 2.33. The molecule has 1 aromatic carbocycles. The first-order valence-corrected chi connectivity index (χ1v) is 9.53. The van der Waals surface area contributed by atoms with Crippen molar-refractivity contribution in [1.29, 1.82) is 0 Å². The number of rotatable bonds is 6. The van der Waals surface area contributed by atoms with E-state index in [0.29, 0.717) is 27.9 Å². The Hall–Kier alpha value is -0.430. The van der Waals surface area contributed by atoms with E-state index in [1.54, 1.807) is 6.07 Å². The Labute approximate surface area is 135 Å². The smallest absolute Gasteiger partial charge is 0.241 e. The predicted octanol–water partition coefficient (Wildman–Crippen LogP) is 2.94. The van der Waals surface area contributed by atoms with Gasteiger partial charge >= 0.3 is 0 Å². The molecule has 2 N–H and O–H groups in total. The first-order chi connectivity index (χ1) is 9.70. The monoisotopic (exact) mass is 374 g/mol. The molecule has 21 heavy (non-hydrogen) atoms. The standard InChI is InChI=1S/C15H23BrN2O2S/c1-9(2)17-8-12-5-11(4)15(16)14(7-12)21(19,20)18-13-6-10(13)3/h5,7,9-10,13,17-18H,6,8H2,1-4H3. The van der Waals surface area contributed by atoms with Gasteiger partial charge in [-0.15, -0.1) is 0 Å². The van der Waals surface area contributed by atoms with E-state index >= 15 is 0 Å². The first-order valence-electron chi connectivity index (χ1n) is 7.25. The highest BCUT2D eigenvalue weighted by atomic mass is 79.9. The van der Waals surface area contributed by atoms with Crippen LogP contribution < -0.4 is 10.0 Å². The lowest BCUT2D eigenvalue weighted by molar-refractivity contribution is 0.575. The van der Waals surface area contributed by atoms with Crippen molar-refractivity contribution in [2.45, 2.75) is 57.6 Å². The predicted molar refractivity (Wildman–Crippen MR) is 88.7 cm³/mol. The lowest BCUT2D eigenvalue weighted by Crippen LogP contribution is -2.28. The molecule has 0 bridgehead atoms. The molecule has 2 atom stereocenters. The van der Waals surface area contributed by atoms with Crippen LogP contribution in [-0.4, -0.2) is 20.5 Å². The normalized spacial score (nSPS) is 21.8. The molecule has 1 fully saturated rings. The maximum atomic E-state index is 12.5. The maximum absolute atomic E-state index is 12.5. The summed E-state index contributed by atoms with van der Waals surface area (Å²) in [7, 11) is -3.47. The lowest BCUT2D eigenvalue weighted by Gasteiger charge is -2.14. The molecule has 0 saturated heterocycles. The van der Waals surface area contributed by atoms with E-state index in [1.807, 2.05) is 13.0 Å². The van der Waals surface area contributed by atoms with E-state index in [-0.39, 0.29) is 6.04 Å².